The fourth-order valence-corrected chi connectivity index (χ4v) is 2.99. The predicted octanol–water partition coefficient (Wildman–Crippen LogP) is 4.35. The van der Waals surface area contributed by atoms with Gasteiger partial charge in [0.15, 0.2) is 0 Å². The van der Waals surface area contributed by atoms with Gasteiger partial charge in [0.2, 0.25) is 5.91 Å². The van der Waals surface area contributed by atoms with Crippen molar-refractivity contribution in [1.82, 2.24) is 0 Å². The van der Waals surface area contributed by atoms with Gasteiger partial charge in [-0.1, -0.05) is 24.9 Å². The van der Waals surface area contributed by atoms with Crippen molar-refractivity contribution in [2.24, 2.45) is 0 Å². The van der Waals surface area contributed by atoms with Gasteiger partial charge in [0, 0.05) is 12.5 Å². The molecule has 19 heavy (non-hydrogen) atoms. The number of ether oxygens (including phenoxy) is 1. The van der Waals surface area contributed by atoms with Crippen LogP contribution in [0.2, 0.25) is 5.02 Å². The molecule has 0 radical (unpaired) electrons. The number of halogens is 1. The second-order valence-electron chi connectivity index (χ2n) is 5.17. The molecule has 1 N–H and O–H groups in total. The average Bonchev–Trinajstić information content (AvgIpc) is 2.32. The molecule has 1 aromatic rings. The quantitative estimate of drug-likeness (QED) is 0.894. The minimum Gasteiger partial charge on any atom is -0.490 e. The molecule has 1 amide bonds. The van der Waals surface area contributed by atoms with Gasteiger partial charge in [0.05, 0.1) is 16.8 Å². The van der Waals surface area contributed by atoms with Crippen LogP contribution in [-0.4, -0.2) is 12.0 Å². The Morgan fingerprint density at radius 3 is 2.89 bits per heavy atom. The Morgan fingerprint density at radius 2 is 2.26 bits per heavy atom. The third kappa shape index (κ3) is 3.03. The number of benzene rings is 1. The van der Waals surface area contributed by atoms with Crippen LogP contribution < -0.4 is 10.1 Å². The zero-order valence-corrected chi connectivity index (χ0v) is 12.4. The van der Waals surface area contributed by atoms with Crippen molar-refractivity contribution < 1.29 is 9.53 Å². The Morgan fingerprint density at radius 1 is 1.53 bits per heavy atom. The fraction of sp³-hybridized carbons (Fsp3) is 0.533. The van der Waals surface area contributed by atoms with Crippen molar-refractivity contribution in [3.05, 3.63) is 22.7 Å². The predicted molar refractivity (Wildman–Crippen MR) is 78.1 cm³/mol. The molecule has 2 rings (SSSR count). The van der Waals surface area contributed by atoms with E-state index in [0.29, 0.717) is 10.9 Å². The molecular formula is C15H20ClNO2. The van der Waals surface area contributed by atoms with Gasteiger partial charge in [-0.15, -0.1) is 0 Å². The maximum atomic E-state index is 11.4. The monoisotopic (exact) mass is 281 g/mol. The SMILES string of the molecule is CCCC1CC(C)Oc2ccc(Cl)c(NC(C)=O)c21. The molecule has 0 saturated carbocycles. The van der Waals surface area contributed by atoms with Crippen molar-refractivity contribution in [3.63, 3.8) is 0 Å². The lowest BCUT2D eigenvalue weighted by molar-refractivity contribution is -0.114. The number of hydrogen-bond acceptors (Lipinski definition) is 2. The number of anilines is 1. The van der Waals surface area contributed by atoms with Gasteiger partial charge in [0.25, 0.3) is 0 Å². The molecule has 1 aliphatic heterocycles. The van der Waals surface area contributed by atoms with E-state index in [1.54, 1.807) is 6.07 Å². The van der Waals surface area contributed by atoms with Gasteiger partial charge in [0.1, 0.15) is 5.75 Å². The van der Waals surface area contributed by atoms with Crippen molar-refractivity contribution >= 4 is 23.2 Å². The molecule has 0 bridgehead atoms. The standard InChI is InChI=1S/C15H20ClNO2/c1-4-5-11-8-9(2)19-13-7-6-12(16)15(14(11)13)17-10(3)18/h6-7,9,11H,4-5,8H2,1-3H3,(H,17,18). The number of nitrogens with one attached hydrogen (secondary N) is 1. The minimum absolute atomic E-state index is 0.107. The van der Waals surface area contributed by atoms with Crippen molar-refractivity contribution in [3.8, 4) is 5.75 Å². The molecule has 104 valence electrons. The maximum absolute atomic E-state index is 11.4. The molecule has 2 atom stereocenters. The third-order valence-electron chi connectivity index (χ3n) is 3.45. The number of carbonyl (C=O) groups is 1. The van der Waals surface area contributed by atoms with Crippen LogP contribution in [0.5, 0.6) is 5.75 Å². The summed E-state index contributed by atoms with van der Waals surface area (Å²) in [5.41, 5.74) is 1.78. The molecule has 1 aliphatic rings. The van der Waals surface area contributed by atoms with Crippen LogP contribution in [-0.2, 0) is 4.79 Å². The first-order valence-corrected chi connectivity index (χ1v) is 7.17. The molecule has 0 spiro atoms. The maximum Gasteiger partial charge on any atom is 0.221 e. The summed E-state index contributed by atoms with van der Waals surface area (Å²) in [5.74, 6) is 1.14. The number of fused-ring (bicyclic) bond motifs is 1. The lowest BCUT2D eigenvalue weighted by Gasteiger charge is -2.32. The Hall–Kier alpha value is -1.22. The fourth-order valence-electron chi connectivity index (χ4n) is 2.78. The highest BCUT2D eigenvalue weighted by Gasteiger charge is 2.29. The summed E-state index contributed by atoms with van der Waals surface area (Å²) < 4.78 is 5.88. The van der Waals surface area contributed by atoms with Crippen LogP contribution in [0.4, 0.5) is 5.69 Å². The average molecular weight is 282 g/mol. The molecule has 1 aromatic carbocycles. The topological polar surface area (TPSA) is 38.3 Å². The van der Waals surface area contributed by atoms with E-state index >= 15 is 0 Å². The summed E-state index contributed by atoms with van der Waals surface area (Å²) in [6, 6.07) is 3.69. The largest absolute Gasteiger partial charge is 0.490 e. The highest BCUT2D eigenvalue weighted by Crippen LogP contribution is 2.45. The van der Waals surface area contributed by atoms with Gasteiger partial charge in [-0.05, 0) is 37.8 Å². The highest BCUT2D eigenvalue weighted by atomic mass is 35.5. The van der Waals surface area contributed by atoms with Crippen LogP contribution in [0.3, 0.4) is 0 Å². The van der Waals surface area contributed by atoms with Gasteiger partial charge >= 0.3 is 0 Å². The molecule has 0 aliphatic carbocycles. The summed E-state index contributed by atoms with van der Waals surface area (Å²) in [7, 11) is 0. The van der Waals surface area contributed by atoms with E-state index in [0.717, 1.165) is 36.3 Å². The number of hydrogen-bond donors (Lipinski definition) is 1. The van der Waals surface area contributed by atoms with E-state index in [1.807, 2.05) is 6.07 Å². The summed E-state index contributed by atoms with van der Waals surface area (Å²) in [4.78, 5) is 11.4. The van der Waals surface area contributed by atoms with Crippen LogP contribution in [0.1, 0.15) is 51.5 Å². The Balaban J connectivity index is 2.49. The molecule has 2 unspecified atom stereocenters. The number of amides is 1. The van der Waals surface area contributed by atoms with E-state index < -0.39 is 0 Å². The second kappa shape index (κ2) is 5.83. The minimum atomic E-state index is -0.107. The van der Waals surface area contributed by atoms with Gasteiger partial charge in [-0.3, -0.25) is 4.79 Å². The van der Waals surface area contributed by atoms with E-state index in [9.17, 15) is 4.79 Å². The number of rotatable bonds is 3. The second-order valence-corrected chi connectivity index (χ2v) is 5.57. The lowest BCUT2D eigenvalue weighted by Crippen LogP contribution is -2.24. The normalized spacial score (nSPS) is 21.5. The van der Waals surface area contributed by atoms with E-state index in [-0.39, 0.29) is 12.0 Å². The Labute approximate surface area is 119 Å². The van der Waals surface area contributed by atoms with Crippen LogP contribution >= 0.6 is 11.6 Å². The van der Waals surface area contributed by atoms with Gasteiger partial charge in [-0.25, -0.2) is 0 Å². The summed E-state index contributed by atoms with van der Waals surface area (Å²) >= 11 is 6.24. The van der Waals surface area contributed by atoms with E-state index in [1.165, 1.54) is 6.92 Å². The first-order valence-electron chi connectivity index (χ1n) is 6.79. The molecule has 0 saturated heterocycles. The molecular weight excluding hydrogens is 262 g/mol. The first kappa shape index (κ1) is 14.2. The van der Waals surface area contributed by atoms with Gasteiger partial charge in [-0.2, -0.15) is 0 Å². The summed E-state index contributed by atoms with van der Waals surface area (Å²) in [6.45, 7) is 5.75. The van der Waals surface area contributed by atoms with Crippen LogP contribution in [0, 0.1) is 0 Å². The third-order valence-corrected chi connectivity index (χ3v) is 3.76. The molecule has 3 nitrogen and oxygen atoms in total. The zero-order chi connectivity index (χ0) is 14.0. The van der Waals surface area contributed by atoms with E-state index in [4.69, 9.17) is 16.3 Å². The number of carbonyl (C=O) groups excluding carboxylic acids is 1. The zero-order valence-electron chi connectivity index (χ0n) is 11.6. The smallest absolute Gasteiger partial charge is 0.221 e. The lowest BCUT2D eigenvalue weighted by atomic mass is 9.85. The molecule has 4 heteroatoms. The van der Waals surface area contributed by atoms with Gasteiger partial charge < -0.3 is 10.1 Å². The first-order chi connectivity index (χ1) is 9.02. The molecule has 0 aromatic heterocycles. The van der Waals surface area contributed by atoms with E-state index in [2.05, 4.69) is 19.2 Å². The van der Waals surface area contributed by atoms with Crippen LogP contribution in [0.25, 0.3) is 0 Å². The Kier molecular flexibility index (Phi) is 4.35. The summed E-state index contributed by atoms with van der Waals surface area (Å²) in [6.07, 6.45) is 3.35. The van der Waals surface area contributed by atoms with Crippen molar-refractivity contribution in [2.75, 3.05) is 5.32 Å². The Bertz CT molecular complexity index is 487. The van der Waals surface area contributed by atoms with Crippen molar-refractivity contribution in [1.29, 1.82) is 0 Å². The molecule has 0 fully saturated rings. The van der Waals surface area contributed by atoms with Crippen molar-refractivity contribution in [2.45, 2.75) is 52.1 Å². The van der Waals surface area contributed by atoms with Crippen LogP contribution in [0.15, 0.2) is 12.1 Å². The molecule has 1 heterocycles. The summed E-state index contributed by atoms with van der Waals surface area (Å²) in [5, 5.41) is 3.43. The highest BCUT2D eigenvalue weighted by molar-refractivity contribution is 6.34.